The Kier molecular flexibility index (Phi) is 100. The number of carbonyl (C=O) groups excluding carboxylic acids is 6. The van der Waals surface area contributed by atoms with Crippen molar-refractivity contribution in [1.29, 1.82) is 0 Å². The summed E-state index contributed by atoms with van der Waals surface area (Å²) < 4.78 is 0. The van der Waals surface area contributed by atoms with Crippen LogP contribution in [0.5, 0.6) is 0 Å². The normalized spacial score (nSPS) is 7.42. The summed E-state index contributed by atoms with van der Waals surface area (Å²) in [7, 11) is 0. The number of aliphatic carboxylic acids is 6. The molecule has 0 fully saturated rings. The molecule has 0 amide bonds. The molecule has 0 aliphatic heterocycles. The second-order valence-electron chi connectivity index (χ2n) is 4.83. The molecule has 228 valence electrons. The minimum absolute atomic E-state index is 0. The van der Waals surface area contributed by atoms with E-state index in [-0.39, 0.29) is 180 Å². The van der Waals surface area contributed by atoms with E-state index in [9.17, 15) is 59.4 Å². The van der Waals surface area contributed by atoms with Crippen molar-refractivity contribution in [2.24, 2.45) is 0 Å². The molecule has 0 aromatic carbocycles. The minimum Gasteiger partial charge on any atom is -0.550 e. The molecule has 0 aromatic rings. The molecule has 0 saturated heterocycles. The van der Waals surface area contributed by atoms with Gasteiger partial charge in [0.15, 0.2) is 0 Å². The maximum Gasteiger partial charge on any atom is 2.00 e. The van der Waals surface area contributed by atoms with Gasteiger partial charge in [0.05, 0.1) is 11.9 Å². The van der Waals surface area contributed by atoms with Crippen LogP contribution in [0.15, 0.2) is 0 Å². The third-order valence-electron chi connectivity index (χ3n) is 2.51. The summed E-state index contributed by atoms with van der Waals surface area (Å²) in [6.07, 6.45) is -5.43. The van der Waals surface area contributed by atoms with Crippen LogP contribution in [0.4, 0.5) is 0 Å². The molecule has 0 bridgehead atoms. The Morgan fingerprint density at radius 1 is 0.447 bits per heavy atom. The van der Waals surface area contributed by atoms with Gasteiger partial charge in [-0.15, -0.1) is 0 Å². The Morgan fingerprint density at radius 2 is 0.553 bits per heavy atom. The molecule has 22 nitrogen and oxygen atoms in total. The number of hydrogen-bond acceptors (Lipinski definition) is 14. The van der Waals surface area contributed by atoms with Gasteiger partial charge in [-0.25, -0.2) is 0 Å². The van der Waals surface area contributed by atoms with Crippen molar-refractivity contribution in [3.05, 3.63) is 0 Å². The first-order chi connectivity index (χ1) is 11.6. The van der Waals surface area contributed by atoms with Gasteiger partial charge in [0.25, 0.3) is 0 Å². The van der Waals surface area contributed by atoms with Gasteiger partial charge >= 0.3 is 136 Å². The van der Waals surface area contributed by atoms with E-state index in [1.165, 1.54) is 0 Å². The van der Waals surface area contributed by atoms with E-state index in [1.54, 1.807) is 0 Å². The molecule has 38 heavy (non-hydrogen) atoms. The van der Waals surface area contributed by atoms with Crippen LogP contribution in [0.2, 0.25) is 0 Å². The predicted molar refractivity (Wildman–Crippen MR) is 92.4 cm³/mol. The average Bonchev–Trinajstić information content (AvgIpc) is 2.34. The molecule has 0 radical (unpaired) electrons. The SMILES string of the molecule is O.O.O.O.O=C([O-])CC(O)(CC(=O)[O-])C(=O)[O-].O=C([O-])CC(O)(CC(=O)[O-])C(=O)[O-].[K+].[K+].[Ni+2].[Ni+2].[OH3+].[OH3+].[OH3+].[OH3+]. The summed E-state index contributed by atoms with van der Waals surface area (Å²) in [5.41, 5.74) is -5.95. The van der Waals surface area contributed by atoms with E-state index in [0.29, 0.717) is 0 Å². The maximum absolute atomic E-state index is 10.1. The number of carbonyl (C=O) groups is 6. The zero-order valence-electron chi connectivity index (χ0n) is 19.6. The van der Waals surface area contributed by atoms with Gasteiger partial charge in [0.2, 0.25) is 0 Å². The minimum atomic E-state index is -2.97. The van der Waals surface area contributed by atoms with Crippen molar-refractivity contribution in [3.8, 4) is 0 Å². The molecule has 0 aliphatic carbocycles. The number of carboxylic acids is 6. The maximum atomic E-state index is 10.1. The zero-order chi connectivity index (χ0) is 21.3. The van der Waals surface area contributed by atoms with E-state index >= 15 is 0 Å². The van der Waals surface area contributed by atoms with Gasteiger partial charge in [-0.05, 0) is 0 Å². The number of aliphatic hydroxyl groups is 2. The smallest absolute Gasteiger partial charge is 0.550 e. The van der Waals surface area contributed by atoms with Crippen LogP contribution in [0.25, 0.3) is 0 Å². The molecule has 0 unspecified atom stereocenters. The van der Waals surface area contributed by atoms with Crippen molar-refractivity contribution in [2.45, 2.75) is 36.9 Å². The van der Waals surface area contributed by atoms with Crippen LogP contribution in [0, 0.1) is 0 Å². The average molecular weight is 722 g/mol. The summed E-state index contributed by atoms with van der Waals surface area (Å²) in [5.74, 6) is -12.0. The largest absolute Gasteiger partial charge is 2.00 e. The van der Waals surface area contributed by atoms with Crippen molar-refractivity contribution in [1.82, 2.24) is 0 Å². The Hall–Kier alpha value is 0.680. The number of rotatable bonds is 10. The van der Waals surface area contributed by atoms with Crippen molar-refractivity contribution in [3.63, 3.8) is 0 Å². The molecular formula is C12H30K2Ni2O22+4. The Bertz CT molecular complexity index is 535. The van der Waals surface area contributed by atoms with Gasteiger partial charge in [-0.3, -0.25) is 0 Å². The second-order valence-corrected chi connectivity index (χ2v) is 4.83. The van der Waals surface area contributed by atoms with Crippen LogP contribution in [0.3, 0.4) is 0 Å². The van der Waals surface area contributed by atoms with E-state index in [4.69, 9.17) is 10.2 Å². The first-order valence-corrected chi connectivity index (χ1v) is 6.23. The fraction of sp³-hybridized carbons (Fsp3) is 0.500. The first kappa shape index (κ1) is 90.2. The van der Waals surface area contributed by atoms with Crippen molar-refractivity contribution in [2.75, 3.05) is 0 Å². The summed E-state index contributed by atoms with van der Waals surface area (Å²) >= 11 is 0. The van der Waals surface area contributed by atoms with E-state index in [1.807, 2.05) is 0 Å². The third-order valence-corrected chi connectivity index (χ3v) is 2.51. The zero-order valence-corrected chi connectivity index (χ0v) is 27.8. The number of carboxylic acid groups (broad SMARTS) is 6. The van der Waals surface area contributed by atoms with Crippen LogP contribution >= 0.6 is 0 Å². The van der Waals surface area contributed by atoms with Crippen molar-refractivity contribution >= 4 is 35.8 Å². The Morgan fingerprint density at radius 3 is 0.605 bits per heavy atom. The Labute approximate surface area is 317 Å². The van der Waals surface area contributed by atoms with E-state index in [2.05, 4.69) is 0 Å². The van der Waals surface area contributed by atoms with Gasteiger partial charge in [0, 0.05) is 49.6 Å². The first-order valence-electron chi connectivity index (χ1n) is 6.23. The molecular weight excluding hydrogens is 692 g/mol. The van der Waals surface area contributed by atoms with Gasteiger partial charge in [0.1, 0.15) is 11.2 Å². The fourth-order valence-electron chi connectivity index (χ4n) is 1.37. The molecule has 0 rings (SSSR count). The standard InChI is InChI=1S/2C6H8O7.2K.2Ni.8H2O/c2*7-3(8)1-6(13,5(11)12)2-4(9)10;;;;;;;;;;;;/h2*13H,1-2H2,(H,7,8)(H,9,10)(H,11,12);;;;;8*1H2/q;;2*+1;2*+2;;;;;;;;/p-2. The van der Waals surface area contributed by atoms with E-state index < -0.39 is 72.7 Å². The summed E-state index contributed by atoms with van der Waals surface area (Å²) in [4.78, 5) is 60.0. The van der Waals surface area contributed by atoms with Gasteiger partial charge < -0.3 is 113 Å². The van der Waals surface area contributed by atoms with Crippen LogP contribution < -0.4 is 133 Å². The fourth-order valence-corrected chi connectivity index (χ4v) is 1.37. The quantitative estimate of drug-likeness (QED) is 0.156. The summed E-state index contributed by atoms with van der Waals surface area (Å²) in [5, 5.41) is 77.9. The molecule has 22 N–H and O–H groups in total. The summed E-state index contributed by atoms with van der Waals surface area (Å²) in [6.45, 7) is 0. The molecule has 0 aliphatic rings. The second kappa shape index (κ2) is 42.2. The topological polar surface area (TPSA) is 539 Å². The van der Waals surface area contributed by atoms with Crippen LogP contribution in [-0.2, 0) is 83.7 Å². The Balaban J connectivity index is -0.0000000192. The molecule has 0 saturated carbocycles. The summed E-state index contributed by atoms with van der Waals surface area (Å²) in [6, 6.07) is 0. The molecule has 0 heterocycles. The van der Waals surface area contributed by atoms with E-state index in [0.717, 1.165) is 0 Å². The third kappa shape index (κ3) is 43.7. The van der Waals surface area contributed by atoms with Crippen LogP contribution in [0.1, 0.15) is 25.7 Å². The number of hydrogen-bond donors (Lipinski definition) is 2. The van der Waals surface area contributed by atoms with Gasteiger partial charge in [-0.2, -0.15) is 0 Å². The predicted octanol–water partition coefficient (Wildman–Crippen LogP) is -23.5. The molecule has 0 spiro atoms. The molecule has 0 atom stereocenters. The molecule has 26 heteroatoms. The van der Waals surface area contributed by atoms with Gasteiger partial charge in [-0.1, -0.05) is 0 Å². The molecule has 0 aromatic heterocycles. The van der Waals surface area contributed by atoms with Crippen LogP contribution in [-0.4, -0.2) is 79.1 Å². The monoisotopic (exact) mass is 720 g/mol. The van der Waals surface area contributed by atoms with Crippen molar-refractivity contribution < 1.29 is 249 Å².